The van der Waals surface area contributed by atoms with Gasteiger partial charge >= 0.3 is 0 Å². The maximum atomic E-state index is 12.6. The van der Waals surface area contributed by atoms with Gasteiger partial charge in [-0.25, -0.2) is 0 Å². The van der Waals surface area contributed by atoms with E-state index in [1.807, 2.05) is 0 Å². The van der Waals surface area contributed by atoms with Crippen molar-refractivity contribution in [3.63, 3.8) is 0 Å². The molecule has 2 aliphatic carbocycles. The molecular weight excluding hydrogens is 272 g/mol. The van der Waals surface area contributed by atoms with E-state index in [1.54, 1.807) is 6.92 Å². The number of aromatic hydroxyl groups is 1. The molecule has 6 N–H and O–H groups in total. The maximum Gasteiger partial charge on any atom is 0.200 e. The fraction of sp³-hybridized carbons (Fsp3) is 0.200. The van der Waals surface area contributed by atoms with Crippen molar-refractivity contribution >= 4 is 17.3 Å². The number of nitrogen functional groups attached to an aromatic ring is 1. The minimum atomic E-state index is -1.13. The van der Waals surface area contributed by atoms with Crippen LogP contribution in [0.25, 0.3) is 0 Å². The molecule has 2 aliphatic rings. The van der Waals surface area contributed by atoms with Crippen LogP contribution in [0.4, 0.5) is 5.69 Å². The van der Waals surface area contributed by atoms with E-state index in [9.17, 15) is 19.8 Å². The second kappa shape index (κ2) is 4.20. The first-order valence-corrected chi connectivity index (χ1v) is 6.45. The van der Waals surface area contributed by atoms with E-state index in [0.29, 0.717) is 0 Å². The number of aliphatic hydroxyl groups excluding tert-OH is 1. The van der Waals surface area contributed by atoms with Crippen molar-refractivity contribution in [1.82, 2.24) is 0 Å². The van der Waals surface area contributed by atoms with Gasteiger partial charge in [-0.05, 0) is 12.1 Å². The Morgan fingerprint density at radius 3 is 2.43 bits per heavy atom. The Kier molecular flexibility index (Phi) is 2.67. The Morgan fingerprint density at radius 2 is 1.76 bits per heavy atom. The van der Waals surface area contributed by atoms with E-state index < -0.39 is 17.7 Å². The van der Waals surface area contributed by atoms with E-state index in [0.717, 1.165) is 0 Å². The number of Topliss-reactive ketones (excluding diaryl/α,β-unsaturated/α-hetero) is 2. The first-order chi connectivity index (χ1) is 9.84. The molecular formula is C15H14N2O4. The number of aliphatic hydroxyl groups is 1. The summed E-state index contributed by atoms with van der Waals surface area (Å²) >= 11 is 0. The van der Waals surface area contributed by atoms with Crippen molar-refractivity contribution in [3.05, 3.63) is 46.2 Å². The molecule has 0 heterocycles. The molecule has 0 saturated carbocycles. The topological polar surface area (TPSA) is 127 Å². The summed E-state index contributed by atoms with van der Waals surface area (Å²) in [4.78, 5) is 25.2. The molecule has 0 aliphatic heterocycles. The number of phenols is 1. The lowest BCUT2D eigenvalue weighted by Gasteiger charge is -2.31. The molecule has 0 spiro atoms. The number of hydrogen-bond donors (Lipinski definition) is 4. The largest absolute Gasteiger partial charge is 0.507 e. The van der Waals surface area contributed by atoms with Gasteiger partial charge in [-0.1, -0.05) is 13.0 Å². The summed E-state index contributed by atoms with van der Waals surface area (Å²) in [6, 6.07) is 2.61. The number of ketones is 2. The highest BCUT2D eigenvalue weighted by Gasteiger charge is 2.42. The highest BCUT2D eigenvalue weighted by Crippen LogP contribution is 2.40. The lowest BCUT2D eigenvalue weighted by atomic mass is 9.74. The number of benzene rings is 1. The zero-order chi connectivity index (χ0) is 15.5. The highest BCUT2D eigenvalue weighted by molar-refractivity contribution is 6.31. The first-order valence-electron chi connectivity index (χ1n) is 6.45. The predicted octanol–water partition coefficient (Wildman–Crippen LogP) is 0.503. The van der Waals surface area contributed by atoms with E-state index in [1.165, 1.54) is 18.2 Å². The number of allylic oxidation sites excluding steroid dienone is 1. The average Bonchev–Trinajstić information content (AvgIpc) is 2.42. The predicted molar refractivity (Wildman–Crippen MR) is 75.6 cm³/mol. The smallest absolute Gasteiger partial charge is 0.200 e. The third kappa shape index (κ3) is 1.62. The molecule has 0 fully saturated rings. The molecule has 3 rings (SSSR count). The molecule has 0 amide bonds. The average molecular weight is 286 g/mol. The minimum Gasteiger partial charge on any atom is -0.507 e. The molecule has 2 unspecified atom stereocenters. The number of carbonyl (C=O) groups excluding carboxylic acids is 2. The van der Waals surface area contributed by atoms with Gasteiger partial charge in [0.2, 0.25) is 0 Å². The zero-order valence-electron chi connectivity index (χ0n) is 11.3. The molecule has 0 aromatic heterocycles. The fourth-order valence-corrected chi connectivity index (χ4v) is 2.87. The molecule has 1 aromatic rings. The molecule has 0 bridgehead atoms. The van der Waals surface area contributed by atoms with E-state index in [4.69, 9.17) is 11.5 Å². The molecule has 0 saturated heterocycles. The molecule has 21 heavy (non-hydrogen) atoms. The van der Waals surface area contributed by atoms with Crippen molar-refractivity contribution in [2.75, 3.05) is 5.73 Å². The summed E-state index contributed by atoms with van der Waals surface area (Å²) in [5, 5.41) is 20.1. The second-order valence-corrected chi connectivity index (χ2v) is 5.30. The second-order valence-electron chi connectivity index (χ2n) is 5.30. The number of fused-ring (bicyclic) bond motifs is 1. The summed E-state index contributed by atoms with van der Waals surface area (Å²) in [5.41, 5.74) is 11.5. The monoisotopic (exact) mass is 286 g/mol. The number of carbonyl (C=O) groups is 2. The van der Waals surface area contributed by atoms with Gasteiger partial charge in [0.15, 0.2) is 11.6 Å². The standard InChI is InChI=1S/C15H14N2O4/c1-5-4-7(17)10-12(13(5)19)15(21)9-6(16)2-3-8(18)11(9)14(10)20/h2-5,13,18-19H,16-17H2,1H3. The quantitative estimate of drug-likeness (QED) is 0.406. The molecule has 1 aromatic carbocycles. The van der Waals surface area contributed by atoms with Crippen LogP contribution in [0.5, 0.6) is 5.75 Å². The van der Waals surface area contributed by atoms with Crippen LogP contribution < -0.4 is 11.5 Å². The van der Waals surface area contributed by atoms with Gasteiger partial charge in [0, 0.05) is 22.9 Å². The third-order valence-electron chi connectivity index (χ3n) is 3.94. The zero-order valence-corrected chi connectivity index (χ0v) is 11.3. The van der Waals surface area contributed by atoms with Crippen LogP contribution in [0.3, 0.4) is 0 Å². The van der Waals surface area contributed by atoms with Gasteiger partial charge in [-0.2, -0.15) is 0 Å². The summed E-state index contributed by atoms with van der Waals surface area (Å²) in [7, 11) is 0. The van der Waals surface area contributed by atoms with Crippen LogP contribution in [0.15, 0.2) is 35.1 Å². The molecule has 6 nitrogen and oxygen atoms in total. The normalized spacial score (nSPS) is 24.6. The van der Waals surface area contributed by atoms with Gasteiger partial charge in [0.05, 0.1) is 22.8 Å². The van der Waals surface area contributed by atoms with Crippen LogP contribution in [0.1, 0.15) is 27.6 Å². The van der Waals surface area contributed by atoms with Crippen molar-refractivity contribution in [1.29, 1.82) is 0 Å². The van der Waals surface area contributed by atoms with Crippen molar-refractivity contribution < 1.29 is 19.8 Å². The maximum absolute atomic E-state index is 12.6. The number of nitrogens with two attached hydrogens (primary N) is 2. The Bertz CT molecular complexity index is 761. The molecule has 0 radical (unpaired) electrons. The van der Waals surface area contributed by atoms with Crippen LogP contribution in [0.2, 0.25) is 0 Å². The number of anilines is 1. The van der Waals surface area contributed by atoms with Gasteiger partial charge in [0.25, 0.3) is 0 Å². The lowest BCUT2D eigenvalue weighted by Crippen LogP contribution is -2.37. The molecule has 108 valence electrons. The first kappa shape index (κ1) is 13.4. The summed E-state index contributed by atoms with van der Waals surface area (Å²) in [6.45, 7) is 1.69. The van der Waals surface area contributed by atoms with Gasteiger partial charge < -0.3 is 21.7 Å². The Hall–Kier alpha value is -2.60. The number of hydrogen-bond acceptors (Lipinski definition) is 6. The van der Waals surface area contributed by atoms with Crippen LogP contribution in [0, 0.1) is 5.92 Å². The Morgan fingerprint density at radius 1 is 1.10 bits per heavy atom. The van der Waals surface area contributed by atoms with Crippen LogP contribution in [-0.4, -0.2) is 27.9 Å². The van der Waals surface area contributed by atoms with E-state index in [-0.39, 0.29) is 45.3 Å². The molecule has 6 heteroatoms. The molecule has 2 atom stereocenters. The van der Waals surface area contributed by atoms with Gasteiger partial charge in [0.1, 0.15) is 5.75 Å². The van der Waals surface area contributed by atoms with Crippen LogP contribution in [-0.2, 0) is 0 Å². The van der Waals surface area contributed by atoms with Gasteiger partial charge in [-0.15, -0.1) is 0 Å². The summed E-state index contributed by atoms with van der Waals surface area (Å²) in [6.07, 6.45) is 0.405. The highest BCUT2D eigenvalue weighted by atomic mass is 16.3. The van der Waals surface area contributed by atoms with E-state index in [2.05, 4.69) is 0 Å². The lowest BCUT2D eigenvalue weighted by molar-refractivity contribution is 0.0910. The van der Waals surface area contributed by atoms with Crippen molar-refractivity contribution in [2.24, 2.45) is 11.7 Å². The Balaban J connectivity index is 2.35. The van der Waals surface area contributed by atoms with Crippen molar-refractivity contribution in [3.8, 4) is 5.75 Å². The van der Waals surface area contributed by atoms with Crippen LogP contribution >= 0.6 is 0 Å². The Labute approximate surface area is 120 Å². The van der Waals surface area contributed by atoms with Crippen molar-refractivity contribution in [2.45, 2.75) is 13.0 Å². The summed E-state index contributed by atoms with van der Waals surface area (Å²) < 4.78 is 0. The fourth-order valence-electron chi connectivity index (χ4n) is 2.87. The third-order valence-corrected chi connectivity index (χ3v) is 3.94. The number of phenolic OH excluding ortho intramolecular Hbond substituents is 1. The van der Waals surface area contributed by atoms with Gasteiger partial charge in [-0.3, -0.25) is 9.59 Å². The summed E-state index contributed by atoms with van der Waals surface area (Å²) in [5.74, 6) is -1.88. The van der Waals surface area contributed by atoms with E-state index >= 15 is 0 Å². The SMILES string of the molecule is CC1C=C(N)C2=C(C(=O)c3c(N)ccc(O)c3C2=O)C1O. The number of rotatable bonds is 0. The minimum absolute atomic E-state index is 0.0426.